The molecule has 0 fully saturated rings. The maximum atomic E-state index is 10.3. The van der Waals surface area contributed by atoms with Crippen LogP contribution in [0.3, 0.4) is 0 Å². The third kappa shape index (κ3) is 21.4. The Labute approximate surface area is 163 Å². The Morgan fingerprint density at radius 1 is 0.615 bits per heavy atom. The number of carbonyl (C=O) groups is 1. The van der Waals surface area contributed by atoms with Gasteiger partial charge in [0.05, 0.1) is 0 Å². The quantitative estimate of drug-likeness (QED) is 0.129. The first-order valence-electron chi connectivity index (χ1n) is 11.6. The lowest BCUT2D eigenvalue weighted by Gasteiger charge is -2.03. The van der Waals surface area contributed by atoms with Crippen LogP contribution in [0.15, 0.2) is 12.2 Å². The van der Waals surface area contributed by atoms with Crippen molar-refractivity contribution in [3.05, 3.63) is 12.2 Å². The summed E-state index contributed by atoms with van der Waals surface area (Å²) < 4.78 is 0. The molecule has 0 spiro atoms. The molecule has 0 aliphatic carbocycles. The molecule has 154 valence electrons. The first kappa shape index (κ1) is 25.4. The van der Waals surface area contributed by atoms with Crippen molar-refractivity contribution in [2.24, 2.45) is 0 Å². The monoisotopic (exact) mass is 366 g/mol. The van der Waals surface area contributed by atoms with Crippen LogP contribution >= 0.6 is 0 Å². The van der Waals surface area contributed by atoms with Crippen LogP contribution in [0.5, 0.6) is 0 Å². The van der Waals surface area contributed by atoms with Gasteiger partial charge >= 0.3 is 0 Å². The van der Waals surface area contributed by atoms with Crippen molar-refractivity contribution in [3.8, 4) is 0 Å². The van der Waals surface area contributed by atoms with Crippen LogP contribution in [-0.4, -0.2) is 17.5 Å². The van der Waals surface area contributed by atoms with Crippen molar-refractivity contribution < 1.29 is 9.90 Å². The molecule has 0 radical (unpaired) electrons. The van der Waals surface area contributed by atoms with E-state index in [4.69, 9.17) is 5.11 Å². The SMILES string of the molecule is CCCCCCCCC=CCCCCCCCCCCCCC(O)C=O. The zero-order chi connectivity index (χ0) is 19.1. The van der Waals surface area contributed by atoms with E-state index in [1.54, 1.807) is 0 Å². The van der Waals surface area contributed by atoms with Gasteiger partial charge in [0.2, 0.25) is 0 Å². The molecule has 1 atom stereocenters. The molecule has 0 rings (SSSR count). The molecule has 0 bridgehead atoms. The van der Waals surface area contributed by atoms with Crippen LogP contribution in [0.2, 0.25) is 0 Å². The van der Waals surface area contributed by atoms with Crippen molar-refractivity contribution in [3.63, 3.8) is 0 Å². The molecule has 2 nitrogen and oxygen atoms in total. The second-order valence-electron chi connectivity index (χ2n) is 7.84. The molecule has 2 heteroatoms. The Balaban J connectivity index is 3.08. The summed E-state index contributed by atoms with van der Waals surface area (Å²) in [7, 11) is 0. The summed E-state index contributed by atoms with van der Waals surface area (Å²) in [4.78, 5) is 10.3. The zero-order valence-electron chi connectivity index (χ0n) is 17.6. The summed E-state index contributed by atoms with van der Waals surface area (Å²) >= 11 is 0. The minimum Gasteiger partial charge on any atom is -0.386 e. The maximum absolute atomic E-state index is 10.3. The van der Waals surface area contributed by atoms with Gasteiger partial charge in [-0.3, -0.25) is 0 Å². The van der Waals surface area contributed by atoms with Crippen LogP contribution < -0.4 is 0 Å². The largest absolute Gasteiger partial charge is 0.386 e. The highest BCUT2D eigenvalue weighted by Gasteiger charge is 2.00. The molecule has 0 saturated carbocycles. The van der Waals surface area contributed by atoms with Crippen molar-refractivity contribution in [1.82, 2.24) is 0 Å². The van der Waals surface area contributed by atoms with Gasteiger partial charge in [-0.25, -0.2) is 0 Å². The number of hydrogen-bond acceptors (Lipinski definition) is 2. The Morgan fingerprint density at radius 2 is 1.00 bits per heavy atom. The van der Waals surface area contributed by atoms with Gasteiger partial charge in [-0.2, -0.15) is 0 Å². The third-order valence-corrected chi connectivity index (χ3v) is 5.17. The second-order valence-corrected chi connectivity index (χ2v) is 7.84. The smallest absolute Gasteiger partial charge is 0.148 e. The fourth-order valence-electron chi connectivity index (χ4n) is 3.38. The van der Waals surface area contributed by atoms with Crippen molar-refractivity contribution in [1.29, 1.82) is 0 Å². The molecule has 0 aromatic rings. The van der Waals surface area contributed by atoms with E-state index in [0.29, 0.717) is 12.7 Å². The Kier molecular flexibility index (Phi) is 21.9. The van der Waals surface area contributed by atoms with E-state index in [-0.39, 0.29) is 0 Å². The minimum atomic E-state index is -0.736. The van der Waals surface area contributed by atoms with Crippen molar-refractivity contribution in [2.45, 2.75) is 135 Å². The molecule has 26 heavy (non-hydrogen) atoms. The van der Waals surface area contributed by atoms with Gasteiger partial charge in [-0.15, -0.1) is 0 Å². The van der Waals surface area contributed by atoms with Gasteiger partial charge in [-0.05, 0) is 32.1 Å². The molecular formula is C24H46O2. The van der Waals surface area contributed by atoms with Crippen LogP contribution in [0, 0.1) is 0 Å². The number of carbonyl (C=O) groups excluding carboxylic acids is 1. The number of aliphatic hydroxyl groups excluding tert-OH is 1. The number of allylic oxidation sites excluding steroid dienone is 2. The fourth-order valence-corrected chi connectivity index (χ4v) is 3.38. The van der Waals surface area contributed by atoms with Gasteiger partial charge < -0.3 is 9.90 Å². The van der Waals surface area contributed by atoms with Crippen LogP contribution in [0.1, 0.15) is 129 Å². The average Bonchev–Trinajstić information content (AvgIpc) is 2.66. The lowest BCUT2D eigenvalue weighted by Crippen LogP contribution is -2.06. The first-order chi connectivity index (χ1) is 12.8. The Hall–Kier alpha value is -0.630. The normalized spacial score (nSPS) is 12.7. The van der Waals surface area contributed by atoms with E-state index in [9.17, 15) is 4.79 Å². The summed E-state index contributed by atoms with van der Waals surface area (Å²) in [6.45, 7) is 2.28. The predicted molar refractivity (Wildman–Crippen MR) is 115 cm³/mol. The fraction of sp³-hybridized carbons (Fsp3) is 0.875. The summed E-state index contributed by atoms with van der Waals surface area (Å²) in [5.74, 6) is 0. The van der Waals surface area contributed by atoms with Gasteiger partial charge in [0, 0.05) is 0 Å². The zero-order valence-corrected chi connectivity index (χ0v) is 17.6. The van der Waals surface area contributed by atoms with Crippen molar-refractivity contribution in [2.75, 3.05) is 0 Å². The van der Waals surface area contributed by atoms with Crippen molar-refractivity contribution >= 4 is 6.29 Å². The highest BCUT2D eigenvalue weighted by atomic mass is 16.3. The second kappa shape index (κ2) is 22.4. The molecule has 1 N–H and O–H groups in total. The summed E-state index contributed by atoms with van der Waals surface area (Å²) in [5, 5.41) is 9.14. The van der Waals surface area contributed by atoms with E-state index >= 15 is 0 Å². The predicted octanol–water partition coefficient (Wildman–Crippen LogP) is 7.53. The molecule has 0 aliphatic heterocycles. The van der Waals surface area contributed by atoms with E-state index in [1.165, 1.54) is 103 Å². The topological polar surface area (TPSA) is 37.3 Å². The standard InChI is InChI=1S/C24H46O2/c1-2-3-4-5-6-7-8-9-10-11-12-13-14-15-16-17-18-19-20-21-22-24(26)23-25/h9-10,23-24,26H,2-8,11-22H2,1H3. The summed E-state index contributed by atoms with van der Waals surface area (Å²) in [6.07, 6.45) is 29.1. The highest BCUT2D eigenvalue weighted by molar-refractivity contribution is 5.55. The Bertz CT molecular complexity index is 299. The number of hydrogen-bond donors (Lipinski definition) is 1. The maximum Gasteiger partial charge on any atom is 0.148 e. The highest BCUT2D eigenvalue weighted by Crippen LogP contribution is 2.13. The van der Waals surface area contributed by atoms with Crippen LogP contribution in [0.4, 0.5) is 0 Å². The molecule has 0 aliphatic rings. The molecule has 0 aromatic heterocycles. The number of aliphatic hydroxyl groups is 1. The van der Waals surface area contributed by atoms with Gasteiger partial charge in [0.1, 0.15) is 12.4 Å². The lowest BCUT2D eigenvalue weighted by molar-refractivity contribution is -0.115. The number of rotatable bonds is 21. The summed E-state index contributed by atoms with van der Waals surface area (Å²) in [6, 6.07) is 0. The molecule has 0 heterocycles. The molecular weight excluding hydrogens is 320 g/mol. The van der Waals surface area contributed by atoms with E-state index in [0.717, 1.165) is 12.8 Å². The average molecular weight is 367 g/mol. The first-order valence-corrected chi connectivity index (χ1v) is 11.6. The van der Waals surface area contributed by atoms with Gasteiger partial charge in [-0.1, -0.05) is 109 Å². The minimum absolute atomic E-state index is 0.636. The lowest BCUT2D eigenvalue weighted by atomic mass is 10.0. The number of aldehydes is 1. The van der Waals surface area contributed by atoms with Crippen LogP contribution in [-0.2, 0) is 4.79 Å². The number of unbranched alkanes of at least 4 members (excludes halogenated alkanes) is 16. The van der Waals surface area contributed by atoms with Gasteiger partial charge in [0.15, 0.2) is 0 Å². The van der Waals surface area contributed by atoms with Gasteiger partial charge in [0.25, 0.3) is 0 Å². The molecule has 1 unspecified atom stereocenters. The van der Waals surface area contributed by atoms with Crippen LogP contribution in [0.25, 0.3) is 0 Å². The third-order valence-electron chi connectivity index (χ3n) is 5.17. The molecule has 0 aromatic carbocycles. The molecule has 0 amide bonds. The van der Waals surface area contributed by atoms with E-state index in [2.05, 4.69) is 19.1 Å². The molecule has 0 saturated heterocycles. The summed E-state index contributed by atoms with van der Waals surface area (Å²) in [5.41, 5.74) is 0. The van der Waals surface area contributed by atoms with E-state index in [1.807, 2.05) is 0 Å². The van der Waals surface area contributed by atoms with E-state index < -0.39 is 6.10 Å². The Morgan fingerprint density at radius 3 is 1.42 bits per heavy atom.